The Morgan fingerprint density at radius 3 is 2.82 bits per heavy atom. The molecule has 0 spiro atoms. The highest BCUT2D eigenvalue weighted by molar-refractivity contribution is 7.22. The van der Waals surface area contributed by atoms with Gasteiger partial charge < -0.3 is 15.0 Å². The van der Waals surface area contributed by atoms with Crippen molar-refractivity contribution in [3.63, 3.8) is 0 Å². The van der Waals surface area contributed by atoms with E-state index >= 15 is 0 Å². The number of carbonyl (C=O) groups excluding carboxylic acids is 1. The molecule has 3 aromatic rings. The van der Waals surface area contributed by atoms with Crippen molar-refractivity contribution in [2.45, 2.75) is 6.92 Å². The smallest absolute Gasteiger partial charge is 0.270 e. The number of ether oxygens (including phenoxy) is 1. The highest BCUT2D eigenvalue weighted by Crippen LogP contribution is 2.32. The Labute approximate surface area is 201 Å². The molecule has 1 amide bonds. The molecule has 0 saturated carbocycles. The molecule has 2 heterocycles. The average Bonchev–Trinajstić information content (AvgIpc) is 3.27. The number of carbonyl (C=O) groups is 1. The third-order valence-electron chi connectivity index (χ3n) is 5.54. The first-order chi connectivity index (χ1) is 16.5. The Morgan fingerprint density at radius 2 is 2.06 bits per heavy atom. The van der Waals surface area contributed by atoms with Gasteiger partial charge in [-0.1, -0.05) is 23.5 Å². The molecule has 0 unspecified atom stereocenters. The van der Waals surface area contributed by atoms with Gasteiger partial charge in [0.05, 0.1) is 21.7 Å². The number of nitrogens with zero attached hydrogens (tertiary/aromatic N) is 4. The molecule has 1 aliphatic heterocycles. The summed E-state index contributed by atoms with van der Waals surface area (Å²) in [5.74, 6) is 0.656. The molecule has 34 heavy (non-hydrogen) atoms. The lowest BCUT2D eigenvalue weighted by Crippen LogP contribution is -2.48. The van der Waals surface area contributed by atoms with E-state index in [0.717, 1.165) is 53.8 Å². The van der Waals surface area contributed by atoms with Crippen molar-refractivity contribution in [3.8, 4) is 5.75 Å². The maximum absolute atomic E-state index is 12.1. The topological polar surface area (TPSA) is 101 Å². The maximum atomic E-state index is 12.1. The van der Waals surface area contributed by atoms with E-state index < -0.39 is 4.92 Å². The summed E-state index contributed by atoms with van der Waals surface area (Å²) in [6.07, 6.45) is 2.98. The van der Waals surface area contributed by atoms with Gasteiger partial charge in [0.2, 0.25) is 5.91 Å². The molecular formula is C24H27N5O4S. The molecule has 2 aromatic carbocycles. The van der Waals surface area contributed by atoms with Gasteiger partial charge in [0, 0.05) is 57.5 Å². The van der Waals surface area contributed by atoms with Crippen LogP contribution in [0.3, 0.4) is 0 Å². The highest BCUT2D eigenvalue weighted by atomic mass is 32.1. The van der Waals surface area contributed by atoms with E-state index in [1.54, 1.807) is 29.5 Å². The number of benzene rings is 2. The number of amides is 1. The summed E-state index contributed by atoms with van der Waals surface area (Å²) < 4.78 is 6.72. The van der Waals surface area contributed by atoms with Gasteiger partial charge in [0.15, 0.2) is 5.13 Å². The normalized spacial score (nSPS) is 14.6. The first-order valence-corrected chi connectivity index (χ1v) is 12.0. The van der Waals surface area contributed by atoms with Crippen molar-refractivity contribution in [2.24, 2.45) is 0 Å². The monoisotopic (exact) mass is 481 g/mol. The lowest BCUT2D eigenvalue weighted by atomic mass is 10.2. The molecule has 4 rings (SSSR count). The second kappa shape index (κ2) is 11.1. The molecule has 1 aliphatic rings. The van der Waals surface area contributed by atoms with Gasteiger partial charge in [0.1, 0.15) is 5.75 Å². The third kappa shape index (κ3) is 6.09. The number of nitro benzene ring substituents is 1. The van der Waals surface area contributed by atoms with Crippen LogP contribution in [-0.2, 0) is 4.79 Å². The summed E-state index contributed by atoms with van der Waals surface area (Å²) in [5, 5.41) is 14.8. The second-order valence-electron chi connectivity index (χ2n) is 7.86. The van der Waals surface area contributed by atoms with Crippen LogP contribution in [0.4, 0.5) is 10.8 Å². The fourth-order valence-electron chi connectivity index (χ4n) is 3.76. The van der Waals surface area contributed by atoms with Gasteiger partial charge in [-0.05, 0) is 36.8 Å². The second-order valence-corrected chi connectivity index (χ2v) is 8.87. The molecule has 0 radical (unpaired) electrons. The molecule has 178 valence electrons. The van der Waals surface area contributed by atoms with E-state index in [2.05, 4.69) is 15.1 Å². The number of fused-ring (bicyclic) bond motifs is 1. The zero-order valence-corrected chi connectivity index (χ0v) is 19.8. The number of piperazine rings is 1. The first kappa shape index (κ1) is 23.7. The van der Waals surface area contributed by atoms with E-state index in [1.807, 2.05) is 25.1 Å². The molecular weight excluding hydrogens is 454 g/mol. The summed E-state index contributed by atoms with van der Waals surface area (Å²) in [7, 11) is 0. The van der Waals surface area contributed by atoms with Crippen LogP contribution in [0.15, 0.2) is 48.5 Å². The van der Waals surface area contributed by atoms with Crippen molar-refractivity contribution in [2.75, 3.05) is 50.8 Å². The molecule has 0 atom stereocenters. The van der Waals surface area contributed by atoms with Gasteiger partial charge >= 0.3 is 0 Å². The van der Waals surface area contributed by atoms with Crippen molar-refractivity contribution in [1.29, 1.82) is 0 Å². The van der Waals surface area contributed by atoms with Crippen LogP contribution in [-0.4, -0.2) is 66.6 Å². The SMILES string of the molecule is CCOc1ccc2nc(N3CCN(CCNC(=O)/C=C/c4cccc([N+](=O)[O-])c4)CC3)sc2c1. The summed E-state index contributed by atoms with van der Waals surface area (Å²) >= 11 is 1.69. The van der Waals surface area contributed by atoms with Gasteiger partial charge in [-0.15, -0.1) is 0 Å². The first-order valence-electron chi connectivity index (χ1n) is 11.2. The average molecular weight is 482 g/mol. The highest BCUT2D eigenvalue weighted by Gasteiger charge is 2.20. The van der Waals surface area contributed by atoms with Crippen LogP contribution in [0.1, 0.15) is 12.5 Å². The van der Waals surface area contributed by atoms with Gasteiger partial charge in [-0.2, -0.15) is 0 Å². The summed E-state index contributed by atoms with van der Waals surface area (Å²) in [6.45, 7) is 7.51. The molecule has 10 heteroatoms. The zero-order valence-electron chi connectivity index (χ0n) is 19.0. The number of aromatic nitrogens is 1. The minimum Gasteiger partial charge on any atom is -0.494 e. The van der Waals surface area contributed by atoms with Crippen LogP contribution in [0.5, 0.6) is 5.75 Å². The van der Waals surface area contributed by atoms with Crippen LogP contribution in [0.25, 0.3) is 16.3 Å². The van der Waals surface area contributed by atoms with E-state index in [-0.39, 0.29) is 11.6 Å². The lowest BCUT2D eigenvalue weighted by molar-refractivity contribution is -0.384. The lowest BCUT2D eigenvalue weighted by Gasteiger charge is -2.34. The van der Waals surface area contributed by atoms with Gasteiger partial charge in [-0.25, -0.2) is 4.98 Å². The van der Waals surface area contributed by atoms with Gasteiger partial charge in [-0.3, -0.25) is 19.8 Å². The van der Waals surface area contributed by atoms with E-state index in [1.165, 1.54) is 18.2 Å². The molecule has 1 fully saturated rings. The Hall–Kier alpha value is -3.50. The molecule has 1 saturated heterocycles. The van der Waals surface area contributed by atoms with Crippen LogP contribution in [0.2, 0.25) is 0 Å². The molecule has 1 N–H and O–H groups in total. The number of thiazole rings is 1. The van der Waals surface area contributed by atoms with Crippen LogP contribution < -0.4 is 15.0 Å². The van der Waals surface area contributed by atoms with Crippen LogP contribution >= 0.6 is 11.3 Å². The number of rotatable bonds is 9. The Balaban J connectivity index is 1.21. The minimum absolute atomic E-state index is 0.00260. The minimum atomic E-state index is -0.452. The molecule has 0 aliphatic carbocycles. The number of nitro groups is 1. The van der Waals surface area contributed by atoms with Crippen molar-refractivity contribution < 1.29 is 14.5 Å². The fraction of sp³-hybridized carbons (Fsp3) is 0.333. The van der Waals surface area contributed by atoms with E-state index in [4.69, 9.17) is 9.72 Å². The summed E-state index contributed by atoms with van der Waals surface area (Å²) in [4.78, 5) is 31.9. The quantitative estimate of drug-likeness (QED) is 0.283. The zero-order chi connectivity index (χ0) is 23.9. The number of hydrogen-bond acceptors (Lipinski definition) is 8. The van der Waals surface area contributed by atoms with Crippen molar-refractivity contribution in [1.82, 2.24) is 15.2 Å². The number of anilines is 1. The van der Waals surface area contributed by atoms with Gasteiger partial charge in [0.25, 0.3) is 5.69 Å². The third-order valence-corrected chi connectivity index (χ3v) is 6.62. The Morgan fingerprint density at radius 1 is 1.24 bits per heavy atom. The van der Waals surface area contributed by atoms with Crippen molar-refractivity contribution >= 4 is 44.4 Å². The Bertz CT molecular complexity index is 1190. The number of nitrogens with one attached hydrogen (secondary N) is 1. The van der Waals surface area contributed by atoms with E-state index in [9.17, 15) is 14.9 Å². The number of hydrogen-bond donors (Lipinski definition) is 1. The predicted octanol–water partition coefficient (Wildman–Crippen LogP) is 3.55. The molecule has 1 aromatic heterocycles. The predicted molar refractivity (Wildman–Crippen MR) is 135 cm³/mol. The van der Waals surface area contributed by atoms with Crippen molar-refractivity contribution in [3.05, 3.63) is 64.2 Å². The fourth-order valence-corrected chi connectivity index (χ4v) is 4.80. The Kier molecular flexibility index (Phi) is 7.71. The number of non-ortho nitro benzene ring substituents is 1. The molecule has 9 nitrogen and oxygen atoms in total. The van der Waals surface area contributed by atoms with E-state index in [0.29, 0.717) is 18.7 Å². The maximum Gasteiger partial charge on any atom is 0.270 e. The summed E-state index contributed by atoms with van der Waals surface area (Å²) in [6, 6.07) is 12.2. The van der Waals surface area contributed by atoms with Crippen LogP contribution in [0, 0.1) is 10.1 Å². The largest absolute Gasteiger partial charge is 0.494 e. The molecule has 0 bridgehead atoms. The summed E-state index contributed by atoms with van der Waals surface area (Å²) in [5.41, 5.74) is 1.61. The standard InChI is InChI=1S/C24H27N5O4S/c1-2-33-20-7-8-21-22(17-20)34-24(26-21)28-14-12-27(13-15-28)11-10-25-23(30)9-6-18-4-3-5-19(16-18)29(31)32/h3-9,16-17H,2,10-15H2,1H3,(H,25,30)/b9-6+.